The average molecular weight is 347 g/mol. The lowest BCUT2D eigenvalue weighted by atomic mass is 9.79. The quantitative estimate of drug-likeness (QED) is 0.660. The fourth-order valence-electron chi connectivity index (χ4n) is 3.35. The van der Waals surface area contributed by atoms with Gasteiger partial charge in [0, 0.05) is 18.3 Å². The van der Waals surface area contributed by atoms with Crippen LogP contribution in [0.1, 0.15) is 38.8 Å². The van der Waals surface area contributed by atoms with Crippen molar-refractivity contribution in [1.82, 2.24) is 4.57 Å². The van der Waals surface area contributed by atoms with Gasteiger partial charge in [-0.05, 0) is 63.2 Å². The van der Waals surface area contributed by atoms with Crippen LogP contribution in [0.5, 0.6) is 0 Å². The molecule has 0 bridgehead atoms. The fraction of sp³-hybridized carbons (Fsp3) is 0.364. The van der Waals surface area contributed by atoms with Gasteiger partial charge in [-0.1, -0.05) is 42.0 Å². The van der Waals surface area contributed by atoms with E-state index in [0.29, 0.717) is 0 Å². The van der Waals surface area contributed by atoms with Gasteiger partial charge in [-0.25, -0.2) is 0 Å². The number of hydrogen-bond donors (Lipinski definition) is 0. The number of benzene rings is 2. The van der Waals surface area contributed by atoms with Gasteiger partial charge in [-0.15, -0.1) is 0 Å². The normalized spacial score (nSPS) is 18.6. The van der Waals surface area contributed by atoms with Crippen LogP contribution in [-0.2, 0) is 15.9 Å². The Morgan fingerprint density at radius 3 is 2.19 bits per heavy atom. The van der Waals surface area contributed by atoms with E-state index >= 15 is 0 Å². The van der Waals surface area contributed by atoms with Crippen molar-refractivity contribution in [2.24, 2.45) is 0 Å². The Labute approximate surface area is 156 Å². The van der Waals surface area contributed by atoms with Crippen molar-refractivity contribution in [1.29, 1.82) is 0 Å². The smallest absolute Gasteiger partial charge is 0.399 e. The molecule has 0 spiro atoms. The lowest BCUT2D eigenvalue weighted by molar-refractivity contribution is 0.00578. The van der Waals surface area contributed by atoms with E-state index in [1.807, 2.05) is 0 Å². The number of hydrogen-bond acceptors (Lipinski definition) is 2. The molecule has 0 aliphatic carbocycles. The minimum atomic E-state index is -0.327. The van der Waals surface area contributed by atoms with Crippen molar-refractivity contribution < 1.29 is 9.31 Å². The highest BCUT2D eigenvalue weighted by molar-refractivity contribution is 6.62. The van der Waals surface area contributed by atoms with Crippen LogP contribution in [0, 0.1) is 6.92 Å². The van der Waals surface area contributed by atoms with Crippen LogP contribution in [0.2, 0.25) is 0 Å². The predicted molar refractivity (Wildman–Crippen MR) is 108 cm³/mol. The molecule has 4 heteroatoms. The number of fused-ring (bicyclic) bond motifs is 1. The van der Waals surface area contributed by atoms with Crippen LogP contribution in [0.25, 0.3) is 10.9 Å². The van der Waals surface area contributed by atoms with Crippen LogP contribution >= 0.6 is 0 Å². The molecule has 0 unspecified atom stereocenters. The summed E-state index contributed by atoms with van der Waals surface area (Å²) in [6, 6.07) is 17.3. The molecule has 0 saturated carbocycles. The van der Waals surface area contributed by atoms with Crippen molar-refractivity contribution in [2.75, 3.05) is 0 Å². The maximum atomic E-state index is 6.22. The van der Waals surface area contributed by atoms with E-state index in [2.05, 4.69) is 93.9 Å². The third-order valence-electron chi connectivity index (χ3n) is 5.80. The van der Waals surface area contributed by atoms with Gasteiger partial charge >= 0.3 is 7.12 Å². The second-order valence-electron chi connectivity index (χ2n) is 8.34. The molecule has 2 aromatic carbocycles. The molecule has 2 heterocycles. The Hall–Kier alpha value is -2.04. The topological polar surface area (TPSA) is 23.4 Å². The van der Waals surface area contributed by atoms with Crippen molar-refractivity contribution >= 4 is 23.5 Å². The van der Waals surface area contributed by atoms with E-state index in [1.165, 1.54) is 22.0 Å². The summed E-state index contributed by atoms with van der Waals surface area (Å²) in [6.45, 7) is 11.3. The van der Waals surface area contributed by atoms with Gasteiger partial charge < -0.3 is 13.9 Å². The monoisotopic (exact) mass is 347 g/mol. The molecule has 0 radical (unpaired) electrons. The maximum Gasteiger partial charge on any atom is 0.494 e. The second kappa shape index (κ2) is 6.00. The molecule has 4 rings (SSSR count). The third kappa shape index (κ3) is 2.98. The van der Waals surface area contributed by atoms with Gasteiger partial charge in [0.25, 0.3) is 0 Å². The summed E-state index contributed by atoms with van der Waals surface area (Å²) in [6.07, 6.45) is 2.15. The number of aromatic nitrogens is 1. The average Bonchev–Trinajstić information content (AvgIpc) is 3.07. The Morgan fingerprint density at radius 1 is 0.885 bits per heavy atom. The summed E-state index contributed by atoms with van der Waals surface area (Å²) in [5, 5.41) is 1.23. The molecule has 3 aromatic rings. The van der Waals surface area contributed by atoms with Crippen molar-refractivity contribution in [3.05, 3.63) is 65.9 Å². The van der Waals surface area contributed by atoms with Crippen molar-refractivity contribution in [3.63, 3.8) is 0 Å². The summed E-state index contributed by atoms with van der Waals surface area (Å²) in [5.41, 5.74) is 4.22. The highest BCUT2D eigenvalue weighted by atomic mass is 16.7. The summed E-state index contributed by atoms with van der Waals surface area (Å²) in [4.78, 5) is 0. The first kappa shape index (κ1) is 17.4. The molecule has 1 aliphatic heterocycles. The molecule has 1 aliphatic rings. The fourth-order valence-corrected chi connectivity index (χ4v) is 3.35. The Kier molecular flexibility index (Phi) is 4.01. The zero-order valence-electron chi connectivity index (χ0n) is 16.2. The summed E-state index contributed by atoms with van der Waals surface area (Å²) in [5.74, 6) is 0. The lowest BCUT2D eigenvalue weighted by Gasteiger charge is -2.32. The summed E-state index contributed by atoms with van der Waals surface area (Å²) in [7, 11) is -0.327. The van der Waals surface area contributed by atoms with Gasteiger partial charge in [-0.3, -0.25) is 0 Å². The molecule has 3 nitrogen and oxygen atoms in total. The molecule has 1 saturated heterocycles. The molecule has 0 atom stereocenters. The Morgan fingerprint density at radius 2 is 1.54 bits per heavy atom. The van der Waals surface area contributed by atoms with Gasteiger partial charge in [0.1, 0.15) is 0 Å². The third-order valence-corrected chi connectivity index (χ3v) is 5.80. The SMILES string of the molecule is Cc1ccc(Cn2ccc3ccc(B4OC(C)(C)C(C)(C)O4)cc32)cc1. The minimum absolute atomic E-state index is 0.323. The molecular weight excluding hydrogens is 321 g/mol. The molecule has 0 amide bonds. The Balaban J connectivity index is 1.66. The predicted octanol–water partition coefficient (Wildman–Crippen LogP) is 4.30. The second-order valence-corrected chi connectivity index (χ2v) is 8.34. The van der Waals surface area contributed by atoms with Gasteiger partial charge in [-0.2, -0.15) is 0 Å². The summed E-state index contributed by atoms with van der Waals surface area (Å²) < 4.78 is 14.7. The van der Waals surface area contributed by atoms with Gasteiger partial charge in [0.2, 0.25) is 0 Å². The largest absolute Gasteiger partial charge is 0.494 e. The molecule has 1 fully saturated rings. The van der Waals surface area contributed by atoms with Crippen molar-refractivity contribution in [2.45, 2.75) is 52.4 Å². The first-order chi connectivity index (χ1) is 12.2. The Bertz CT molecular complexity index is 924. The van der Waals surface area contributed by atoms with Crippen LogP contribution in [0.3, 0.4) is 0 Å². The van der Waals surface area contributed by atoms with E-state index in [-0.39, 0.29) is 18.3 Å². The first-order valence-electron chi connectivity index (χ1n) is 9.25. The molecule has 0 N–H and O–H groups in total. The molecule has 134 valence electrons. The first-order valence-corrected chi connectivity index (χ1v) is 9.25. The number of nitrogens with zero attached hydrogens (tertiary/aromatic N) is 1. The molecule has 26 heavy (non-hydrogen) atoms. The highest BCUT2D eigenvalue weighted by Crippen LogP contribution is 2.36. The lowest BCUT2D eigenvalue weighted by Crippen LogP contribution is -2.41. The van der Waals surface area contributed by atoms with Crippen molar-refractivity contribution in [3.8, 4) is 0 Å². The van der Waals surface area contributed by atoms with E-state index < -0.39 is 0 Å². The van der Waals surface area contributed by atoms with E-state index in [4.69, 9.17) is 9.31 Å². The summed E-state index contributed by atoms with van der Waals surface area (Å²) >= 11 is 0. The number of aryl methyl sites for hydroxylation is 1. The van der Waals surface area contributed by atoms with Gasteiger partial charge in [0.15, 0.2) is 0 Å². The maximum absolute atomic E-state index is 6.22. The molecule has 1 aromatic heterocycles. The van der Waals surface area contributed by atoms with E-state index in [9.17, 15) is 0 Å². The van der Waals surface area contributed by atoms with Gasteiger partial charge in [0.05, 0.1) is 11.2 Å². The minimum Gasteiger partial charge on any atom is -0.399 e. The zero-order chi connectivity index (χ0) is 18.5. The highest BCUT2D eigenvalue weighted by Gasteiger charge is 2.51. The zero-order valence-corrected chi connectivity index (χ0v) is 16.2. The van der Waals surface area contributed by atoms with Crippen LogP contribution < -0.4 is 5.46 Å². The molecular formula is C22H26BNO2. The standard InChI is InChI=1S/C22H26BNO2/c1-16-6-8-17(9-7-16)15-24-13-12-18-10-11-19(14-20(18)24)23-25-21(2,3)22(4,5)26-23/h6-14H,15H2,1-5H3. The van der Waals surface area contributed by atoms with Crippen LogP contribution in [0.4, 0.5) is 0 Å². The van der Waals surface area contributed by atoms with Crippen LogP contribution in [0.15, 0.2) is 54.7 Å². The van der Waals surface area contributed by atoms with E-state index in [0.717, 1.165) is 12.0 Å². The van der Waals surface area contributed by atoms with E-state index in [1.54, 1.807) is 0 Å². The van der Waals surface area contributed by atoms with Crippen LogP contribution in [-0.4, -0.2) is 22.9 Å². The number of rotatable bonds is 3.